The molecule has 7 heteroatoms. The van der Waals surface area contributed by atoms with E-state index < -0.39 is 18.0 Å². The van der Waals surface area contributed by atoms with Gasteiger partial charge < -0.3 is 20.5 Å². The van der Waals surface area contributed by atoms with Gasteiger partial charge in [0.1, 0.15) is 6.61 Å². The molecule has 3 N–H and O–H groups in total. The van der Waals surface area contributed by atoms with E-state index in [-0.39, 0.29) is 29.9 Å². The van der Waals surface area contributed by atoms with E-state index in [1.54, 1.807) is 0 Å². The van der Waals surface area contributed by atoms with Crippen LogP contribution in [0.5, 0.6) is 0 Å². The highest BCUT2D eigenvalue weighted by atomic mass is 16.5. The molecule has 0 radical (unpaired) electrons. The third-order valence-corrected chi connectivity index (χ3v) is 8.08. The predicted molar refractivity (Wildman–Crippen MR) is 131 cm³/mol. The number of alkyl carbamates (subject to hydrolysis) is 1. The molecule has 2 fully saturated rings. The number of benzene rings is 2. The zero-order valence-corrected chi connectivity index (χ0v) is 19.8. The summed E-state index contributed by atoms with van der Waals surface area (Å²) in [6, 6.07) is 16.1. The van der Waals surface area contributed by atoms with Gasteiger partial charge in [0.15, 0.2) is 0 Å². The van der Waals surface area contributed by atoms with Crippen molar-refractivity contribution in [2.75, 3.05) is 13.2 Å². The molecule has 7 nitrogen and oxygen atoms in total. The molecule has 184 valence electrons. The molecule has 0 unspecified atom stereocenters. The first-order valence-corrected chi connectivity index (χ1v) is 12.6. The third-order valence-electron chi connectivity index (χ3n) is 8.08. The number of hydrogen-bond donors (Lipinski definition) is 3. The summed E-state index contributed by atoms with van der Waals surface area (Å²) in [5.74, 6) is -1.47. The van der Waals surface area contributed by atoms with Gasteiger partial charge in [0, 0.05) is 24.9 Å². The second-order valence-electron chi connectivity index (χ2n) is 10.3. The number of hydrogen-bond acceptors (Lipinski definition) is 4. The van der Waals surface area contributed by atoms with Gasteiger partial charge in [-0.2, -0.15) is 0 Å². The fourth-order valence-electron chi connectivity index (χ4n) is 6.03. The molecular weight excluding hydrogens is 444 g/mol. The largest absolute Gasteiger partial charge is 0.481 e. The van der Waals surface area contributed by atoms with Gasteiger partial charge in [-0.15, -0.1) is 0 Å². The van der Waals surface area contributed by atoms with E-state index in [2.05, 4.69) is 34.9 Å². The van der Waals surface area contributed by atoms with Crippen molar-refractivity contribution in [2.45, 2.75) is 56.9 Å². The molecular formula is C28H32N2O5. The summed E-state index contributed by atoms with van der Waals surface area (Å²) in [4.78, 5) is 36.7. The summed E-state index contributed by atoms with van der Waals surface area (Å²) < 4.78 is 5.64. The standard InChI is InChI=1S/C28H32N2O5/c31-25(30-24-12-5-11-22(24)26(32)33)15-28(13-6-14-28)17-29-27(34)35-16-23-20-9-3-1-7-18(20)19-8-2-4-10-21(19)23/h1-4,7-10,22-24H,5-6,11-17H2,(H,29,34)(H,30,31)(H,32,33)/t22-,24+/m1/s1. The Morgan fingerprint density at radius 3 is 2.20 bits per heavy atom. The van der Waals surface area contributed by atoms with Crippen LogP contribution in [-0.4, -0.2) is 42.3 Å². The Balaban J connectivity index is 1.14. The third kappa shape index (κ3) is 4.77. The first-order valence-electron chi connectivity index (χ1n) is 12.6. The first kappa shape index (κ1) is 23.4. The molecule has 2 saturated carbocycles. The molecule has 2 atom stereocenters. The predicted octanol–water partition coefficient (Wildman–Crippen LogP) is 4.46. The molecule has 0 aliphatic heterocycles. The second-order valence-corrected chi connectivity index (χ2v) is 10.3. The minimum Gasteiger partial charge on any atom is -0.481 e. The lowest BCUT2D eigenvalue weighted by molar-refractivity contribution is -0.142. The van der Waals surface area contributed by atoms with Crippen LogP contribution >= 0.6 is 0 Å². The molecule has 5 rings (SSSR count). The number of carboxylic acids is 1. The van der Waals surface area contributed by atoms with Gasteiger partial charge in [-0.25, -0.2) is 4.79 Å². The molecule has 0 aromatic heterocycles. The van der Waals surface area contributed by atoms with Crippen molar-refractivity contribution in [3.05, 3.63) is 59.7 Å². The molecule has 2 aromatic rings. The summed E-state index contributed by atoms with van der Waals surface area (Å²) in [7, 11) is 0. The maximum Gasteiger partial charge on any atom is 0.407 e. The van der Waals surface area contributed by atoms with Crippen LogP contribution in [0.15, 0.2) is 48.5 Å². The second kappa shape index (κ2) is 9.72. The van der Waals surface area contributed by atoms with Gasteiger partial charge in [0.25, 0.3) is 0 Å². The maximum atomic E-state index is 12.7. The Bertz CT molecular complexity index is 1080. The van der Waals surface area contributed by atoms with E-state index in [9.17, 15) is 19.5 Å². The molecule has 0 saturated heterocycles. The Hall–Kier alpha value is -3.35. The van der Waals surface area contributed by atoms with Crippen LogP contribution in [0.4, 0.5) is 4.79 Å². The zero-order chi connectivity index (χ0) is 24.4. The number of ether oxygens (including phenoxy) is 1. The highest BCUT2D eigenvalue weighted by Crippen LogP contribution is 2.45. The number of rotatable bonds is 8. The summed E-state index contributed by atoms with van der Waals surface area (Å²) in [5, 5.41) is 15.2. The van der Waals surface area contributed by atoms with Gasteiger partial charge in [-0.3, -0.25) is 9.59 Å². The SMILES string of the molecule is O=C(CC1(CNC(=O)OCC2c3ccccc3-c3ccccc32)CCC1)N[C@H]1CCC[C@H]1C(=O)O. The molecule has 0 spiro atoms. The Labute approximate surface area is 205 Å². The van der Waals surface area contributed by atoms with Crippen LogP contribution in [0.3, 0.4) is 0 Å². The fourth-order valence-corrected chi connectivity index (χ4v) is 6.03. The maximum absolute atomic E-state index is 12.7. The normalized spacial score (nSPS) is 21.9. The summed E-state index contributed by atoms with van der Waals surface area (Å²) >= 11 is 0. The van der Waals surface area contributed by atoms with Crippen molar-refractivity contribution in [1.29, 1.82) is 0 Å². The van der Waals surface area contributed by atoms with Crippen molar-refractivity contribution in [3.8, 4) is 11.1 Å². The summed E-state index contributed by atoms with van der Waals surface area (Å²) in [5.41, 5.74) is 4.42. The van der Waals surface area contributed by atoms with Crippen molar-refractivity contribution >= 4 is 18.0 Å². The van der Waals surface area contributed by atoms with Crippen molar-refractivity contribution < 1.29 is 24.2 Å². The molecule has 0 heterocycles. The first-order chi connectivity index (χ1) is 17.0. The van der Waals surface area contributed by atoms with Gasteiger partial charge >= 0.3 is 12.1 Å². The number of carbonyl (C=O) groups is 3. The Morgan fingerprint density at radius 2 is 1.60 bits per heavy atom. The Morgan fingerprint density at radius 1 is 0.943 bits per heavy atom. The monoisotopic (exact) mass is 476 g/mol. The van der Waals surface area contributed by atoms with Crippen molar-refractivity contribution in [3.63, 3.8) is 0 Å². The van der Waals surface area contributed by atoms with E-state index in [4.69, 9.17) is 4.74 Å². The fraction of sp³-hybridized carbons (Fsp3) is 0.464. The van der Waals surface area contributed by atoms with Crippen LogP contribution < -0.4 is 10.6 Å². The lowest BCUT2D eigenvalue weighted by atomic mass is 9.66. The number of aliphatic carboxylic acids is 1. The summed E-state index contributed by atoms with van der Waals surface area (Å²) in [6.45, 7) is 0.635. The molecule has 2 amide bonds. The van der Waals surface area contributed by atoms with E-state index in [0.29, 0.717) is 25.8 Å². The van der Waals surface area contributed by atoms with Crippen LogP contribution in [0.2, 0.25) is 0 Å². The number of amides is 2. The highest BCUT2D eigenvalue weighted by molar-refractivity contribution is 5.80. The van der Waals surface area contributed by atoms with Gasteiger partial charge in [0.2, 0.25) is 5.91 Å². The number of fused-ring (bicyclic) bond motifs is 3. The van der Waals surface area contributed by atoms with Crippen LogP contribution in [0, 0.1) is 11.3 Å². The summed E-state index contributed by atoms with van der Waals surface area (Å²) in [6.07, 6.45) is 4.67. The number of carboxylic acid groups (broad SMARTS) is 1. The smallest absolute Gasteiger partial charge is 0.407 e. The topological polar surface area (TPSA) is 105 Å². The van der Waals surface area contributed by atoms with E-state index in [1.165, 1.54) is 22.3 Å². The molecule has 35 heavy (non-hydrogen) atoms. The minimum atomic E-state index is -0.844. The van der Waals surface area contributed by atoms with Crippen molar-refractivity contribution in [2.24, 2.45) is 11.3 Å². The lowest BCUT2D eigenvalue weighted by Gasteiger charge is -2.41. The average molecular weight is 477 g/mol. The molecule has 2 aromatic carbocycles. The molecule has 0 bridgehead atoms. The lowest BCUT2D eigenvalue weighted by Crippen LogP contribution is -2.48. The molecule has 3 aliphatic carbocycles. The number of carbonyl (C=O) groups excluding carboxylic acids is 2. The average Bonchev–Trinajstić information content (AvgIpc) is 3.42. The number of nitrogens with one attached hydrogen (secondary N) is 2. The van der Waals surface area contributed by atoms with Crippen LogP contribution in [-0.2, 0) is 14.3 Å². The van der Waals surface area contributed by atoms with Gasteiger partial charge in [-0.1, -0.05) is 61.4 Å². The molecule has 3 aliphatic rings. The van der Waals surface area contributed by atoms with Crippen molar-refractivity contribution in [1.82, 2.24) is 10.6 Å². The van der Waals surface area contributed by atoms with E-state index in [1.807, 2.05) is 24.3 Å². The zero-order valence-electron chi connectivity index (χ0n) is 19.8. The Kier molecular flexibility index (Phi) is 6.50. The highest BCUT2D eigenvalue weighted by Gasteiger charge is 2.41. The van der Waals surface area contributed by atoms with E-state index in [0.717, 1.165) is 25.7 Å². The minimum absolute atomic E-state index is 0.00480. The van der Waals surface area contributed by atoms with Crippen LogP contribution in [0.1, 0.15) is 62.0 Å². The van der Waals surface area contributed by atoms with Crippen LogP contribution in [0.25, 0.3) is 11.1 Å². The van der Waals surface area contributed by atoms with Gasteiger partial charge in [0.05, 0.1) is 5.92 Å². The quantitative estimate of drug-likeness (QED) is 0.522. The van der Waals surface area contributed by atoms with E-state index >= 15 is 0 Å². The van der Waals surface area contributed by atoms with Gasteiger partial charge in [-0.05, 0) is 53.4 Å².